The summed E-state index contributed by atoms with van der Waals surface area (Å²) in [5, 5.41) is 9.20. The average Bonchev–Trinajstić information content (AvgIpc) is 2.34. The minimum absolute atomic E-state index is 0. The molecule has 0 spiro atoms. The second-order valence-corrected chi connectivity index (χ2v) is 1.87. The smallest absolute Gasteiger partial charge is 0.196 e. The van der Waals surface area contributed by atoms with Gasteiger partial charge in [0.25, 0.3) is 0 Å². The van der Waals surface area contributed by atoms with Gasteiger partial charge in [0.2, 0.25) is 0 Å². The van der Waals surface area contributed by atoms with E-state index >= 15 is 0 Å². The molecular weight excluding hydrogens is 118 g/mol. The lowest BCUT2D eigenvalue weighted by atomic mass is 10.4. The minimum Gasteiger partial charge on any atom is -0.466 e. The number of nitrogens with one attached hydrogen (secondary N) is 2. The highest BCUT2D eigenvalue weighted by Gasteiger charge is 2.02. The van der Waals surface area contributed by atoms with Crippen molar-refractivity contribution >= 4 is 0 Å². The minimum atomic E-state index is 0. The van der Waals surface area contributed by atoms with Crippen LogP contribution in [0.1, 0.15) is 13.3 Å². The Bertz CT molecular complexity index is 123. The first-order valence-electron chi connectivity index (χ1n) is 3.00. The normalized spacial score (nSPS) is 24.7. The van der Waals surface area contributed by atoms with Crippen LogP contribution in [0.5, 0.6) is 0 Å². The van der Waals surface area contributed by atoms with Crippen LogP contribution in [0, 0.1) is 0 Å². The maximum atomic E-state index is 8.55. The number of hydrogen-bond donors (Lipinski definition) is 3. The summed E-state index contributed by atoms with van der Waals surface area (Å²) in [6.45, 7) is 2.04. The quantitative estimate of drug-likeness (QED) is 0.442. The molecule has 0 aromatic heterocycles. The number of aliphatic hydroxyl groups is 1. The Morgan fingerprint density at radius 3 is 3.00 bits per heavy atom. The fraction of sp³-hybridized carbons (Fsp3) is 0.600. The van der Waals surface area contributed by atoms with Gasteiger partial charge in [-0.1, -0.05) is 6.92 Å². The van der Waals surface area contributed by atoms with Crippen molar-refractivity contribution in [3.8, 4) is 0 Å². The summed E-state index contributed by atoms with van der Waals surface area (Å²) in [6.07, 6.45) is 2.68. The molecule has 0 amide bonds. The topological polar surface area (TPSA) is 50.8 Å². The van der Waals surface area contributed by atoms with Gasteiger partial charge in [0, 0.05) is 5.70 Å². The fourth-order valence-corrected chi connectivity index (χ4v) is 0.666. The van der Waals surface area contributed by atoms with Gasteiger partial charge >= 0.3 is 0 Å². The van der Waals surface area contributed by atoms with Crippen LogP contribution in [0.25, 0.3) is 5.43 Å². The molecule has 4 heteroatoms. The maximum Gasteiger partial charge on any atom is 0.196 e. The Balaban J connectivity index is 2.31. The molecule has 0 radical (unpaired) electrons. The second-order valence-electron chi connectivity index (χ2n) is 1.87. The number of aliphatic hydroxyl groups excluding tert-OH is 1. The van der Waals surface area contributed by atoms with Crippen molar-refractivity contribution in [2.45, 2.75) is 13.3 Å². The molecule has 1 aliphatic rings. The summed E-state index contributed by atoms with van der Waals surface area (Å²) in [5.74, 6) is 0. The molecule has 0 fully saturated rings. The average molecular weight is 129 g/mol. The molecule has 1 heterocycles. The van der Waals surface area contributed by atoms with Gasteiger partial charge < -0.3 is 10.5 Å². The van der Waals surface area contributed by atoms with Crippen molar-refractivity contribution < 1.29 is 10.2 Å². The molecule has 9 heavy (non-hydrogen) atoms. The molecular formula is C5H11N3O. The van der Waals surface area contributed by atoms with Crippen LogP contribution in [0.4, 0.5) is 0 Å². The monoisotopic (exact) mass is 129 g/mol. The molecule has 4 nitrogen and oxygen atoms in total. The Morgan fingerprint density at radius 1 is 1.89 bits per heavy atom. The molecule has 0 aromatic carbocycles. The van der Waals surface area contributed by atoms with Crippen molar-refractivity contribution in [3.63, 3.8) is 0 Å². The van der Waals surface area contributed by atoms with Crippen molar-refractivity contribution in [3.05, 3.63) is 17.3 Å². The number of allylic oxidation sites excluding steroid dienone is 1. The van der Waals surface area contributed by atoms with Crippen molar-refractivity contribution in [2.24, 2.45) is 0 Å². The van der Waals surface area contributed by atoms with E-state index in [9.17, 15) is 0 Å². The summed E-state index contributed by atoms with van der Waals surface area (Å²) in [4.78, 5) is 0. The van der Waals surface area contributed by atoms with Gasteiger partial charge in [-0.2, -0.15) is 0 Å². The molecule has 1 rings (SSSR count). The summed E-state index contributed by atoms with van der Waals surface area (Å²) >= 11 is 0. The SMILES string of the molecule is CCC1=C[N-][NH+](CO)N1. The van der Waals surface area contributed by atoms with E-state index in [1.807, 2.05) is 6.92 Å². The van der Waals surface area contributed by atoms with Crippen molar-refractivity contribution in [1.29, 1.82) is 0 Å². The standard InChI is InChI=1S/C5H11N3O/c1-2-5-3-6-8(4-9)7-5/h3,7-9H,2,4H2,1H3. The van der Waals surface area contributed by atoms with Gasteiger partial charge in [0.05, 0.1) is 0 Å². The summed E-state index contributed by atoms with van der Waals surface area (Å²) in [5.41, 5.74) is 7.92. The Hall–Kier alpha value is -0.740. The van der Waals surface area contributed by atoms with Crippen LogP contribution < -0.4 is 10.5 Å². The Labute approximate surface area is 54.1 Å². The van der Waals surface area contributed by atoms with Gasteiger partial charge in [0.15, 0.2) is 6.73 Å². The zero-order valence-corrected chi connectivity index (χ0v) is 5.39. The number of hydrogen-bond acceptors (Lipinski definition) is 2. The van der Waals surface area contributed by atoms with E-state index in [-0.39, 0.29) is 6.73 Å². The first-order chi connectivity index (χ1) is 4.36. The fourth-order valence-electron chi connectivity index (χ4n) is 0.666. The lowest BCUT2D eigenvalue weighted by Crippen LogP contribution is -3.12. The maximum absolute atomic E-state index is 8.55. The number of quaternary nitrogens is 1. The molecule has 0 aromatic rings. The summed E-state index contributed by atoms with van der Waals surface area (Å²) in [6, 6.07) is 0. The van der Waals surface area contributed by atoms with E-state index in [1.54, 1.807) is 6.20 Å². The van der Waals surface area contributed by atoms with E-state index in [0.29, 0.717) is 5.12 Å². The van der Waals surface area contributed by atoms with Crippen LogP contribution in [0.2, 0.25) is 0 Å². The lowest BCUT2D eigenvalue weighted by Gasteiger charge is -2.19. The molecule has 52 valence electrons. The lowest BCUT2D eigenvalue weighted by molar-refractivity contribution is -0.915. The first kappa shape index (κ1) is 6.38. The number of nitrogens with zero attached hydrogens (tertiary/aromatic N) is 1. The highest BCUT2D eigenvalue weighted by molar-refractivity contribution is 5.05. The molecule has 0 bridgehead atoms. The molecule has 3 N–H and O–H groups in total. The van der Waals surface area contributed by atoms with Gasteiger partial charge in [-0.15, -0.1) is 6.20 Å². The Kier molecular flexibility index (Phi) is 1.92. The molecule has 1 atom stereocenters. The van der Waals surface area contributed by atoms with E-state index in [1.165, 1.54) is 0 Å². The zero-order chi connectivity index (χ0) is 6.69. The zero-order valence-electron chi connectivity index (χ0n) is 5.39. The molecule has 0 saturated heterocycles. The highest BCUT2D eigenvalue weighted by Crippen LogP contribution is 1.97. The molecule has 0 saturated carbocycles. The second kappa shape index (κ2) is 2.70. The van der Waals surface area contributed by atoms with Crippen LogP contribution in [0.3, 0.4) is 0 Å². The van der Waals surface area contributed by atoms with Crippen molar-refractivity contribution in [2.75, 3.05) is 6.73 Å². The predicted octanol–water partition coefficient (Wildman–Crippen LogP) is -1.12. The van der Waals surface area contributed by atoms with Gasteiger partial charge in [-0.05, 0) is 6.42 Å². The predicted molar refractivity (Wildman–Crippen MR) is 32.9 cm³/mol. The van der Waals surface area contributed by atoms with Gasteiger partial charge in [-0.3, -0.25) is 5.12 Å². The van der Waals surface area contributed by atoms with Crippen LogP contribution >= 0.6 is 0 Å². The molecule has 1 aliphatic heterocycles. The third-order valence-corrected chi connectivity index (χ3v) is 1.21. The van der Waals surface area contributed by atoms with Crippen molar-refractivity contribution in [1.82, 2.24) is 5.43 Å². The van der Waals surface area contributed by atoms with E-state index in [0.717, 1.165) is 12.1 Å². The molecule has 1 unspecified atom stereocenters. The van der Waals surface area contributed by atoms with E-state index < -0.39 is 0 Å². The van der Waals surface area contributed by atoms with Gasteiger partial charge in [0.1, 0.15) is 0 Å². The van der Waals surface area contributed by atoms with E-state index in [2.05, 4.69) is 10.9 Å². The van der Waals surface area contributed by atoms with Crippen LogP contribution in [-0.4, -0.2) is 11.8 Å². The largest absolute Gasteiger partial charge is 0.466 e. The Morgan fingerprint density at radius 2 is 2.67 bits per heavy atom. The van der Waals surface area contributed by atoms with E-state index in [4.69, 9.17) is 5.11 Å². The summed E-state index contributed by atoms with van der Waals surface area (Å²) < 4.78 is 0. The van der Waals surface area contributed by atoms with Crippen LogP contribution in [-0.2, 0) is 0 Å². The molecule has 0 aliphatic carbocycles. The number of rotatable bonds is 2. The first-order valence-corrected chi connectivity index (χ1v) is 3.00. The third-order valence-electron chi connectivity index (χ3n) is 1.21. The van der Waals surface area contributed by atoms with Gasteiger partial charge in [-0.25, -0.2) is 5.43 Å². The van der Waals surface area contributed by atoms with Crippen LogP contribution in [0.15, 0.2) is 11.9 Å². The third kappa shape index (κ3) is 1.34. The highest BCUT2D eigenvalue weighted by atomic mass is 16.3. The summed E-state index contributed by atoms with van der Waals surface area (Å²) in [7, 11) is 0.